The number of alkyl halides is 3. The van der Waals surface area contributed by atoms with Gasteiger partial charge in [0.25, 0.3) is 0 Å². The normalized spacial score (nSPS) is 19.1. The molecule has 218 valence electrons. The highest BCUT2D eigenvalue weighted by Gasteiger charge is 2.41. The number of pyridine rings is 1. The van der Waals surface area contributed by atoms with Crippen molar-refractivity contribution >= 4 is 40.5 Å². The minimum absolute atomic E-state index is 0.0111. The van der Waals surface area contributed by atoms with E-state index in [-0.39, 0.29) is 34.7 Å². The summed E-state index contributed by atoms with van der Waals surface area (Å²) in [5.74, 6) is 0.172. The Bertz CT molecular complexity index is 1480. The highest BCUT2D eigenvalue weighted by atomic mass is 32.1. The Hall–Kier alpha value is -4.07. The first-order valence-corrected chi connectivity index (χ1v) is 13.5. The van der Waals surface area contributed by atoms with Crippen LogP contribution in [0.1, 0.15) is 30.5 Å². The molecule has 0 spiro atoms. The molecule has 41 heavy (non-hydrogen) atoms. The lowest BCUT2D eigenvalue weighted by Crippen LogP contribution is -2.58. The Labute approximate surface area is 237 Å². The molecule has 2 aromatic heterocycles. The van der Waals surface area contributed by atoms with E-state index in [0.29, 0.717) is 31.3 Å². The number of piperazine rings is 1. The summed E-state index contributed by atoms with van der Waals surface area (Å²) in [6.07, 6.45) is -5.18. The van der Waals surface area contributed by atoms with Gasteiger partial charge < -0.3 is 29.3 Å². The van der Waals surface area contributed by atoms with Crippen molar-refractivity contribution in [1.29, 1.82) is 0 Å². The van der Waals surface area contributed by atoms with Crippen LogP contribution in [0, 0.1) is 5.13 Å². The Kier molecular flexibility index (Phi) is 7.68. The van der Waals surface area contributed by atoms with Crippen molar-refractivity contribution in [3.63, 3.8) is 0 Å². The van der Waals surface area contributed by atoms with Gasteiger partial charge in [0.2, 0.25) is 17.0 Å². The zero-order chi connectivity index (χ0) is 29.5. The zero-order valence-electron chi connectivity index (χ0n) is 22.4. The number of thiophene rings is 1. The molecule has 2 atom stereocenters. The molecule has 0 bridgehead atoms. The van der Waals surface area contributed by atoms with Crippen molar-refractivity contribution in [2.45, 2.75) is 31.6 Å². The molecule has 1 aromatic carbocycles. The third kappa shape index (κ3) is 5.47. The van der Waals surface area contributed by atoms with Crippen LogP contribution in [0.5, 0.6) is 11.6 Å². The summed E-state index contributed by atoms with van der Waals surface area (Å²) in [6.45, 7) is 3.10. The van der Waals surface area contributed by atoms with Crippen molar-refractivity contribution < 1.29 is 36.9 Å². The number of anilines is 2. The molecule has 0 aliphatic carbocycles. The summed E-state index contributed by atoms with van der Waals surface area (Å²) in [7, 11) is 2.84. The molecule has 0 saturated carbocycles. The van der Waals surface area contributed by atoms with Gasteiger partial charge in [0.15, 0.2) is 0 Å². The second kappa shape index (κ2) is 11.1. The number of hydrogen-bond acceptors (Lipinski definition) is 9. The molecule has 0 unspecified atom stereocenters. The number of fused-ring (bicyclic) bond motifs is 1. The number of carboxylic acids is 1. The molecule has 0 radical (unpaired) electrons. The predicted octanol–water partition coefficient (Wildman–Crippen LogP) is 5.55. The molecule has 1 N–H and O–H groups in total. The van der Waals surface area contributed by atoms with E-state index in [0.717, 1.165) is 23.5 Å². The lowest BCUT2D eigenvalue weighted by molar-refractivity contribution is -0.138. The van der Waals surface area contributed by atoms with Gasteiger partial charge in [-0.3, -0.25) is 4.79 Å². The molecule has 1 saturated heterocycles. The molecular formula is C27H27F4N5O4S. The van der Waals surface area contributed by atoms with Gasteiger partial charge in [-0.05, 0) is 31.2 Å². The van der Waals surface area contributed by atoms with E-state index in [1.54, 1.807) is 6.07 Å². The minimum atomic E-state index is -4.67. The van der Waals surface area contributed by atoms with Gasteiger partial charge in [0, 0.05) is 42.7 Å². The van der Waals surface area contributed by atoms with Gasteiger partial charge in [0.05, 0.1) is 37.9 Å². The van der Waals surface area contributed by atoms with Gasteiger partial charge in [-0.25, -0.2) is 4.99 Å². The van der Waals surface area contributed by atoms with Crippen molar-refractivity contribution in [1.82, 2.24) is 9.88 Å². The smallest absolute Gasteiger partial charge is 0.416 e. The van der Waals surface area contributed by atoms with Crippen LogP contribution in [-0.2, 0) is 11.0 Å². The molecule has 4 heterocycles. The number of guanidine groups is 1. The van der Waals surface area contributed by atoms with E-state index >= 15 is 0 Å². The maximum atomic E-state index is 14.9. The highest BCUT2D eigenvalue weighted by molar-refractivity contribution is 7.08. The summed E-state index contributed by atoms with van der Waals surface area (Å²) in [6, 6.07) is 7.21. The van der Waals surface area contributed by atoms with Crippen molar-refractivity contribution in [3.8, 4) is 11.6 Å². The molecule has 5 rings (SSSR count). The number of hydrogen-bond donors (Lipinski definition) is 1. The monoisotopic (exact) mass is 593 g/mol. The standard InChI is InChI=1S/C27H27F4N5O4S/c1-15-13-34(9-10-35(15)21-5-4-6-22(32-21)40-3)26-33-24-17(14-41-25(24)28)18(12-23(37)38)36(26)19-11-16(27(29,30)31)7-8-20(19)39-2/h4-8,11,14-15,18H,9-10,12-13H2,1-3H3,(H,37,38)/t15-,18+/m1/s1. The topological polar surface area (TPSA) is 90.7 Å². The van der Waals surface area contributed by atoms with Gasteiger partial charge in [0.1, 0.15) is 17.3 Å². The van der Waals surface area contributed by atoms with E-state index < -0.39 is 35.3 Å². The minimum Gasteiger partial charge on any atom is -0.495 e. The third-order valence-electron chi connectivity index (χ3n) is 7.10. The molecule has 2 aliphatic heterocycles. The number of aromatic nitrogens is 1. The van der Waals surface area contributed by atoms with Crippen molar-refractivity contribution in [2.75, 3.05) is 43.7 Å². The van der Waals surface area contributed by atoms with Gasteiger partial charge in [-0.2, -0.15) is 22.5 Å². The maximum Gasteiger partial charge on any atom is 0.416 e. The van der Waals surface area contributed by atoms with Gasteiger partial charge in [-0.1, -0.05) is 6.07 Å². The molecule has 14 heteroatoms. The number of halogens is 4. The van der Waals surface area contributed by atoms with E-state index in [2.05, 4.69) is 14.9 Å². The van der Waals surface area contributed by atoms with Crippen LogP contribution < -0.4 is 19.3 Å². The largest absolute Gasteiger partial charge is 0.495 e. The summed E-state index contributed by atoms with van der Waals surface area (Å²) in [4.78, 5) is 26.4. The number of rotatable bonds is 6. The summed E-state index contributed by atoms with van der Waals surface area (Å²) in [5, 5.41) is 10.7. The van der Waals surface area contributed by atoms with E-state index in [1.165, 1.54) is 30.6 Å². The number of aliphatic carboxylic acids is 1. The molecular weight excluding hydrogens is 566 g/mol. The number of ether oxygens (including phenoxy) is 2. The average Bonchev–Trinajstić information content (AvgIpc) is 3.32. The second-order valence-electron chi connectivity index (χ2n) is 9.62. The Balaban J connectivity index is 1.60. The SMILES string of the molecule is COc1cccc(N2CCN(C3=Nc4c(csc4F)[C@H](CC(=O)O)N3c3cc(C(F)(F)F)ccc3OC)C[C@H]2C)n1. The summed E-state index contributed by atoms with van der Waals surface area (Å²) in [5.41, 5.74) is -0.686. The average molecular weight is 594 g/mol. The Morgan fingerprint density at radius 3 is 2.61 bits per heavy atom. The lowest BCUT2D eigenvalue weighted by atomic mass is 10.00. The van der Waals surface area contributed by atoms with Gasteiger partial charge >= 0.3 is 12.1 Å². The first-order valence-electron chi connectivity index (χ1n) is 12.7. The zero-order valence-corrected chi connectivity index (χ0v) is 23.2. The Morgan fingerprint density at radius 2 is 1.95 bits per heavy atom. The third-order valence-corrected chi connectivity index (χ3v) is 7.88. The fourth-order valence-corrected chi connectivity index (χ4v) is 5.97. The number of aliphatic imine (C=N–C) groups is 1. The number of methoxy groups -OCH3 is 2. The van der Waals surface area contributed by atoms with Crippen LogP contribution >= 0.6 is 11.3 Å². The van der Waals surface area contributed by atoms with Gasteiger partial charge in [-0.15, -0.1) is 11.3 Å². The van der Waals surface area contributed by atoms with Crippen LogP contribution in [0.15, 0.2) is 46.8 Å². The number of nitrogens with zero attached hydrogens (tertiary/aromatic N) is 5. The molecule has 1 fully saturated rings. The molecule has 9 nitrogen and oxygen atoms in total. The van der Waals surface area contributed by atoms with Crippen LogP contribution in [0.2, 0.25) is 0 Å². The summed E-state index contributed by atoms with van der Waals surface area (Å²) < 4.78 is 67.1. The summed E-state index contributed by atoms with van der Waals surface area (Å²) >= 11 is 0.765. The molecule has 2 aliphatic rings. The number of benzene rings is 1. The first-order chi connectivity index (χ1) is 19.5. The van der Waals surface area contributed by atoms with Crippen LogP contribution in [0.25, 0.3) is 0 Å². The van der Waals surface area contributed by atoms with Crippen LogP contribution in [0.3, 0.4) is 0 Å². The maximum absolute atomic E-state index is 14.9. The van der Waals surface area contributed by atoms with Crippen LogP contribution in [0.4, 0.5) is 34.8 Å². The van der Waals surface area contributed by atoms with Crippen molar-refractivity contribution in [2.24, 2.45) is 4.99 Å². The highest BCUT2D eigenvalue weighted by Crippen LogP contribution is 2.47. The van der Waals surface area contributed by atoms with Crippen LogP contribution in [-0.4, -0.2) is 66.8 Å². The predicted molar refractivity (Wildman–Crippen MR) is 146 cm³/mol. The quantitative estimate of drug-likeness (QED) is 0.372. The van der Waals surface area contributed by atoms with E-state index in [4.69, 9.17) is 9.47 Å². The first kappa shape index (κ1) is 28.5. The lowest BCUT2D eigenvalue weighted by Gasteiger charge is -2.46. The van der Waals surface area contributed by atoms with Crippen molar-refractivity contribution in [3.05, 3.63) is 58.0 Å². The molecule has 3 aromatic rings. The van der Waals surface area contributed by atoms with E-state index in [9.17, 15) is 27.5 Å². The molecule has 0 amide bonds. The fourth-order valence-electron chi connectivity index (χ4n) is 5.19. The fraction of sp³-hybridized carbons (Fsp3) is 0.370. The number of carbonyl (C=O) groups is 1. The Morgan fingerprint density at radius 1 is 1.17 bits per heavy atom. The van der Waals surface area contributed by atoms with E-state index in [1.807, 2.05) is 24.0 Å². The number of carboxylic acid groups (broad SMARTS) is 1. The second-order valence-corrected chi connectivity index (χ2v) is 10.4.